The summed E-state index contributed by atoms with van der Waals surface area (Å²) >= 11 is 0. The Bertz CT molecular complexity index is 442. The molecule has 0 aromatic carbocycles. The second-order valence-corrected chi connectivity index (χ2v) is 6.30. The van der Waals surface area contributed by atoms with Crippen LogP contribution in [-0.2, 0) is 11.3 Å². The molecular weight excluding hydrogens is 240 g/mol. The molecule has 1 aliphatic rings. The molecule has 1 fully saturated rings. The van der Waals surface area contributed by atoms with Crippen LogP contribution in [0.15, 0.2) is 6.07 Å². The van der Waals surface area contributed by atoms with Gasteiger partial charge in [-0.15, -0.1) is 0 Å². The molecular formula is C14H24N4O. The predicted octanol–water partition coefficient (Wildman–Crippen LogP) is 2.08. The third kappa shape index (κ3) is 3.35. The Balaban J connectivity index is 2.15. The Morgan fingerprint density at radius 1 is 1.42 bits per heavy atom. The van der Waals surface area contributed by atoms with Crippen molar-refractivity contribution in [2.45, 2.75) is 33.8 Å². The Kier molecular flexibility index (Phi) is 3.94. The molecule has 0 aliphatic carbocycles. The molecule has 1 atom stereocenters. The molecule has 106 valence electrons. The van der Waals surface area contributed by atoms with E-state index in [2.05, 4.69) is 35.6 Å². The van der Waals surface area contributed by atoms with Gasteiger partial charge in [0, 0.05) is 26.3 Å². The van der Waals surface area contributed by atoms with Crippen LogP contribution in [0.25, 0.3) is 0 Å². The van der Waals surface area contributed by atoms with E-state index in [-0.39, 0.29) is 0 Å². The van der Waals surface area contributed by atoms with Gasteiger partial charge in [0.2, 0.25) is 0 Å². The Morgan fingerprint density at radius 3 is 2.74 bits per heavy atom. The van der Waals surface area contributed by atoms with Gasteiger partial charge >= 0.3 is 0 Å². The van der Waals surface area contributed by atoms with Crippen LogP contribution in [0.1, 0.15) is 33.0 Å². The SMILES string of the molecule is COCc1nc(N)cc(N2CCC(C(C)(C)C)C2)n1. The van der Waals surface area contributed by atoms with Gasteiger partial charge in [-0.1, -0.05) is 20.8 Å². The maximum Gasteiger partial charge on any atom is 0.158 e. The number of aromatic nitrogens is 2. The summed E-state index contributed by atoms with van der Waals surface area (Å²) in [5, 5.41) is 0. The quantitative estimate of drug-likeness (QED) is 0.905. The summed E-state index contributed by atoms with van der Waals surface area (Å²) < 4.78 is 5.08. The third-order valence-electron chi connectivity index (χ3n) is 3.79. The number of hydrogen-bond acceptors (Lipinski definition) is 5. The molecule has 0 amide bonds. The molecule has 2 N–H and O–H groups in total. The lowest BCUT2D eigenvalue weighted by molar-refractivity contribution is 0.178. The average Bonchev–Trinajstić information content (AvgIpc) is 2.77. The minimum Gasteiger partial charge on any atom is -0.384 e. The van der Waals surface area contributed by atoms with Crippen LogP contribution in [0, 0.1) is 11.3 Å². The smallest absolute Gasteiger partial charge is 0.158 e. The summed E-state index contributed by atoms with van der Waals surface area (Å²) in [6.45, 7) is 9.36. The molecule has 1 aliphatic heterocycles. The first-order valence-electron chi connectivity index (χ1n) is 6.77. The average molecular weight is 264 g/mol. The second-order valence-electron chi connectivity index (χ2n) is 6.30. The van der Waals surface area contributed by atoms with E-state index in [1.165, 1.54) is 6.42 Å². The third-order valence-corrected chi connectivity index (χ3v) is 3.79. The summed E-state index contributed by atoms with van der Waals surface area (Å²) in [4.78, 5) is 11.0. The summed E-state index contributed by atoms with van der Waals surface area (Å²) in [6, 6.07) is 1.85. The zero-order chi connectivity index (χ0) is 14.0. The lowest BCUT2D eigenvalue weighted by Crippen LogP contribution is -2.26. The van der Waals surface area contributed by atoms with Gasteiger partial charge in [-0.05, 0) is 17.8 Å². The Hall–Kier alpha value is -1.36. The van der Waals surface area contributed by atoms with Crippen molar-refractivity contribution in [2.75, 3.05) is 30.8 Å². The summed E-state index contributed by atoms with van der Waals surface area (Å²) in [7, 11) is 1.64. The van der Waals surface area contributed by atoms with Crippen molar-refractivity contribution in [1.82, 2.24) is 9.97 Å². The van der Waals surface area contributed by atoms with Gasteiger partial charge < -0.3 is 15.4 Å². The van der Waals surface area contributed by atoms with E-state index >= 15 is 0 Å². The molecule has 2 rings (SSSR count). The number of nitrogen functional groups attached to an aromatic ring is 1. The monoisotopic (exact) mass is 264 g/mol. The number of methoxy groups -OCH3 is 1. The van der Waals surface area contributed by atoms with E-state index in [1.54, 1.807) is 7.11 Å². The molecule has 5 nitrogen and oxygen atoms in total. The molecule has 1 unspecified atom stereocenters. The van der Waals surface area contributed by atoms with Crippen molar-refractivity contribution in [3.05, 3.63) is 11.9 Å². The van der Waals surface area contributed by atoms with Gasteiger partial charge in [-0.25, -0.2) is 9.97 Å². The molecule has 0 bridgehead atoms. The van der Waals surface area contributed by atoms with Crippen molar-refractivity contribution in [3.8, 4) is 0 Å². The molecule has 0 saturated carbocycles. The molecule has 0 radical (unpaired) electrons. The van der Waals surface area contributed by atoms with Gasteiger partial charge in [0.1, 0.15) is 18.2 Å². The first-order valence-corrected chi connectivity index (χ1v) is 6.77. The molecule has 1 saturated heterocycles. The zero-order valence-electron chi connectivity index (χ0n) is 12.3. The number of anilines is 2. The van der Waals surface area contributed by atoms with Crippen LogP contribution in [0.4, 0.5) is 11.6 Å². The van der Waals surface area contributed by atoms with E-state index < -0.39 is 0 Å². The number of rotatable bonds is 3. The minimum atomic E-state index is 0.336. The number of nitrogens with two attached hydrogens (primary N) is 1. The van der Waals surface area contributed by atoms with Crippen molar-refractivity contribution in [1.29, 1.82) is 0 Å². The summed E-state index contributed by atoms with van der Waals surface area (Å²) in [6.07, 6.45) is 1.20. The fraction of sp³-hybridized carbons (Fsp3) is 0.714. The highest BCUT2D eigenvalue weighted by Gasteiger charge is 2.32. The topological polar surface area (TPSA) is 64.3 Å². The number of ether oxygens (including phenoxy) is 1. The highest BCUT2D eigenvalue weighted by atomic mass is 16.5. The van der Waals surface area contributed by atoms with Gasteiger partial charge in [0.25, 0.3) is 0 Å². The number of hydrogen-bond donors (Lipinski definition) is 1. The predicted molar refractivity (Wildman–Crippen MR) is 76.9 cm³/mol. The van der Waals surface area contributed by atoms with Crippen LogP contribution in [0.5, 0.6) is 0 Å². The molecule has 1 aromatic heterocycles. The zero-order valence-corrected chi connectivity index (χ0v) is 12.3. The summed E-state index contributed by atoms with van der Waals surface area (Å²) in [5.74, 6) is 2.77. The molecule has 2 heterocycles. The molecule has 1 aromatic rings. The molecule has 0 spiro atoms. The standard InChI is InChI=1S/C14H24N4O/c1-14(2,3)10-5-6-18(8-10)13-7-11(15)16-12(17-13)9-19-4/h7,10H,5-6,8-9H2,1-4H3,(H2,15,16,17). The first kappa shape index (κ1) is 14.1. The van der Waals surface area contributed by atoms with Crippen LogP contribution < -0.4 is 10.6 Å². The van der Waals surface area contributed by atoms with Crippen LogP contribution in [0.2, 0.25) is 0 Å². The fourth-order valence-electron chi connectivity index (χ4n) is 2.53. The maximum atomic E-state index is 5.84. The Labute approximate surface area is 115 Å². The highest BCUT2D eigenvalue weighted by molar-refractivity contribution is 5.47. The van der Waals surface area contributed by atoms with E-state index in [1.807, 2.05) is 6.07 Å². The lowest BCUT2D eigenvalue weighted by Gasteiger charge is -2.27. The summed E-state index contributed by atoms with van der Waals surface area (Å²) in [5.41, 5.74) is 6.18. The first-order chi connectivity index (χ1) is 8.90. The van der Waals surface area contributed by atoms with Crippen LogP contribution in [0.3, 0.4) is 0 Å². The lowest BCUT2D eigenvalue weighted by atomic mass is 9.80. The fourth-order valence-corrected chi connectivity index (χ4v) is 2.53. The van der Waals surface area contributed by atoms with Crippen molar-refractivity contribution >= 4 is 11.6 Å². The normalized spacial score (nSPS) is 20.0. The van der Waals surface area contributed by atoms with Crippen LogP contribution >= 0.6 is 0 Å². The number of nitrogens with zero attached hydrogens (tertiary/aromatic N) is 3. The Morgan fingerprint density at radius 2 is 2.16 bits per heavy atom. The van der Waals surface area contributed by atoms with Gasteiger partial charge in [-0.3, -0.25) is 0 Å². The van der Waals surface area contributed by atoms with Gasteiger partial charge in [-0.2, -0.15) is 0 Å². The molecule has 5 heteroatoms. The van der Waals surface area contributed by atoms with Crippen molar-refractivity contribution in [2.24, 2.45) is 11.3 Å². The van der Waals surface area contributed by atoms with E-state index in [9.17, 15) is 0 Å². The van der Waals surface area contributed by atoms with Crippen molar-refractivity contribution in [3.63, 3.8) is 0 Å². The van der Waals surface area contributed by atoms with Crippen LogP contribution in [-0.4, -0.2) is 30.2 Å². The van der Waals surface area contributed by atoms with E-state index in [4.69, 9.17) is 10.5 Å². The van der Waals surface area contributed by atoms with Crippen molar-refractivity contribution < 1.29 is 4.74 Å². The van der Waals surface area contributed by atoms with Gasteiger partial charge in [0.15, 0.2) is 5.82 Å². The van der Waals surface area contributed by atoms with Gasteiger partial charge in [0.05, 0.1) is 0 Å². The highest BCUT2D eigenvalue weighted by Crippen LogP contribution is 2.35. The minimum absolute atomic E-state index is 0.336. The second kappa shape index (κ2) is 5.33. The molecule has 19 heavy (non-hydrogen) atoms. The van der Waals surface area contributed by atoms with E-state index in [0.29, 0.717) is 29.6 Å². The largest absolute Gasteiger partial charge is 0.384 e. The van der Waals surface area contributed by atoms with E-state index in [0.717, 1.165) is 18.9 Å². The maximum absolute atomic E-state index is 5.84.